The Bertz CT molecular complexity index is 485. The lowest BCUT2D eigenvalue weighted by Crippen LogP contribution is -2.32. The van der Waals surface area contributed by atoms with E-state index in [0.717, 1.165) is 24.5 Å². The van der Waals surface area contributed by atoms with Crippen molar-refractivity contribution in [3.63, 3.8) is 0 Å². The molecule has 1 aliphatic rings. The van der Waals surface area contributed by atoms with Gasteiger partial charge in [-0.15, -0.1) is 0 Å². The number of carbonyl (C=O) groups excluding carboxylic acids is 1. The average molecular weight is 319 g/mol. The molecule has 0 unspecified atom stereocenters. The summed E-state index contributed by atoms with van der Waals surface area (Å²) in [6.45, 7) is 8.03. The van der Waals surface area contributed by atoms with Crippen molar-refractivity contribution < 1.29 is 9.53 Å². The summed E-state index contributed by atoms with van der Waals surface area (Å²) in [5.41, 5.74) is 1.09. The van der Waals surface area contributed by atoms with Crippen LogP contribution in [0.4, 0.5) is 5.82 Å². The van der Waals surface area contributed by atoms with Gasteiger partial charge < -0.3 is 15.0 Å². The van der Waals surface area contributed by atoms with E-state index in [0.29, 0.717) is 32.1 Å². The molecule has 2 rings (SSSR count). The van der Waals surface area contributed by atoms with Gasteiger partial charge in [0.15, 0.2) is 0 Å². The highest BCUT2D eigenvalue weighted by molar-refractivity contribution is 5.76. The lowest BCUT2D eigenvalue weighted by atomic mass is 10.1. The van der Waals surface area contributed by atoms with Gasteiger partial charge in [0.25, 0.3) is 0 Å². The summed E-state index contributed by atoms with van der Waals surface area (Å²) < 4.78 is 5.46. The molecule has 0 atom stereocenters. The number of piperidine rings is 1. The molecule has 0 radical (unpaired) electrons. The molecule has 1 amide bonds. The molecule has 0 spiro atoms. The second-order valence-corrected chi connectivity index (χ2v) is 6.53. The molecule has 0 aliphatic carbocycles. The normalized spacial score (nSPS) is 15.0. The Balaban J connectivity index is 1.79. The molecule has 2 heterocycles. The van der Waals surface area contributed by atoms with Gasteiger partial charge in [0, 0.05) is 44.4 Å². The standard InChI is InChI=1S/C18H29N3O2/c1-15(2)14-23-12-8-17(22)20-13-16-7-6-9-19-18(16)21-10-4-3-5-11-21/h6-7,9,15H,3-5,8,10-14H2,1-2H3,(H,20,22). The highest BCUT2D eigenvalue weighted by Gasteiger charge is 2.15. The number of hydrogen-bond donors (Lipinski definition) is 1. The number of carbonyl (C=O) groups is 1. The van der Waals surface area contributed by atoms with Crippen molar-refractivity contribution in [1.29, 1.82) is 0 Å². The minimum Gasteiger partial charge on any atom is -0.381 e. The number of aromatic nitrogens is 1. The summed E-state index contributed by atoms with van der Waals surface area (Å²) in [4.78, 5) is 18.8. The number of anilines is 1. The first-order valence-electron chi connectivity index (χ1n) is 8.70. The number of nitrogens with zero attached hydrogens (tertiary/aromatic N) is 2. The predicted octanol–water partition coefficient (Wildman–Crippen LogP) is 2.75. The highest BCUT2D eigenvalue weighted by atomic mass is 16.5. The number of pyridine rings is 1. The zero-order valence-corrected chi connectivity index (χ0v) is 14.4. The van der Waals surface area contributed by atoms with E-state index in [9.17, 15) is 4.79 Å². The first kappa shape index (κ1) is 17.7. The van der Waals surface area contributed by atoms with Crippen LogP contribution in [-0.2, 0) is 16.1 Å². The fraction of sp³-hybridized carbons (Fsp3) is 0.667. The van der Waals surface area contributed by atoms with E-state index in [1.54, 1.807) is 0 Å². The van der Waals surface area contributed by atoms with E-state index >= 15 is 0 Å². The van der Waals surface area contributed by atoms with Crippen molar-refractivity contribution in [2.24, 2.45) is 5.92 Å². The van der Waals surface area contributed by atoms with Crippen LogP contribution in [0.5, 0.6) is 0 Å². The predicted molar refractivity (Wildman–Crippen MR) is 92.4 cm³/mol. The quantitative estimate of drug-likeness (QED) is 0.749. The van der Waals surface area contributed by atoms with E-state index in [-0.39, 0.29) is 5.91 Å². The third-order valence-electron chi connectivity index (χ3n) is 3.92. The molecule has 5 heteroatoms. The molecule has 1 aromatic heterocycles. The van der Waals surface area contributed by atoms with Crippen LogP contribution in [0.25, 0.3) is 0 Å². The van der Waals surface area contributed by atoms with Gasteiger partial charge in [0.1, 0.15) is 5.82 Å². The summed E-state index contributed by atoms with van der Waals surface area (Å²) in [5, 5.41) is 2.98. The summed E-state index contributed by atoms with van der Waals surface area (Å²) in [6.07, 6.45) is 5.97. The van der Waals surface area contributed by atoms with Crippen LogP contribution >= 0.6 is 0 Å². The van der Waals surface area contributed by atoms with E-state index in [1.165, 1.54) is 19.3 Å². The van der Waals surface area contributed by atoms with Crippen molar-refractivity contribution >= 4 is 11.7 Å². The first-order chi connectivity index (χ1) is 11.2. The zero-order valence-electron chi connectivity index (χ0n) is 14.4. The average Bonchev–Trinajstić information content (AvgIpc) is 2.58. The lowest BCUT2D eigenvalue weighted by Gasteiger charge is -2.29. The maximum Gasteiger partial charge on any atom is 0.222 e. The summed E-state index contributed by atoms with van der Waals surface area (Å²) in [6, 6.07) is 3.98. The zero-order chi connectivity index (χ0) is 16.5. The Morgan fingerprint density at radius 3 is 2.87 bits per heavy atom. The maximum absolute atomic E-state index is 11.9. The summed E-state index contributed by atoms with van der Waals surface area (Å²) in [7, 11) is 0. The molecule has 23 heavy (non-hydrogen) atoms. The molecule has 1 aliphatic heterocycles. The van der Waals surface area contributed by atoms with Gasteiger partial charge in [0.05, 0.1) is 6.61 Å². The van der Waals surface area contributed by atoms with Crippen LogP contribution in [0.2, 0.25) is 0 Å². The Hall–Kier alpha value is -1.62. The maximum atomic E-state index is 11.9. The molecule has 0 saturated carbocycles. The minimum atomic E-state index is 0.0298. The van der Waals surface area contributed by atoms with Gasteiger partial charge in [-0.05, 0) is 31.2 Å². The van der Waals surface area contributed by atoms with Crippen molar-refractivity contribution in [2.45, 2.75) is 46.1 Å². The van der Waals surface area contributed by atoms with Crippen LogP contribution in [0.1, 0.15) is 45.1 Å². The minimum absolute atomic E-state index is 0.0298. The van der Waals surface area contributed by atoms with E-state index < -0.39 is 0 Å². The van der Waals surface area contributed by atoms with Crippen LogP contribution in [-0.4, -0.2) is 37.2 Å². The van der Waals surface area contributed by atoms with Crippen molar-refractivity contribution in [2.75, 3.05) is 31.2 Å². The van der Waals surface area contributed by atoms with Crippen molar-refractivity contribution in [1.82, 2.24) is 10.3 Å². The molecule has 128 valence electrons. The number of nitrogens with one attached hydrogen (secondary N) is 1. The van der Waals surface area contributed by atoms with Gasteiger partial charge in [-0.1, -0.05) is 19.9 Å². The summed E-state index contributed by atoms with van der Waals surface area (Å²) in [5.74, 6) is 1.55. The van der Waals surface area contributed by atoms with Gasteiger partial charge in [-0.25, -0.2) is 4.98 Å². The van der Waals surface area contributed by atoms with Crippen LogP contribution < -0.4 is 10.2 Å². The second kappa shape index (κ2) is 9.50. The molecule has 0 aromatic carbocycles. The third kappa shape index (κ3) is 6.18. The van der Waals surface area contributed by atoms with Crippen molar-refractivity contribution in [3.8, 4) is 0 Å². The van der Waals surface area contributed by atoms with Gasteiger partial charge in [0.2, 0.25) is 5.91 Å². The van der Waals surface area contributed by atoms with E-state index in [1.807, 2.05) is 18.3 Å². The van der Waals surface area contributed by atoms with E-state index in [4.69, 9.17) is 4.74 Å². The van der Waals surface area contributed by atoms with E-state index in [2.05, 4.69) is 29.0 Å². The van der Waals surface area contributed by atoms with Crippen LogP contribution in [0.15, 0.2) is 18.3 Å². The van der Waals surface area contributed by atoms with Gasteiger partial charge in [-0.3, -0.25) is 4.79 Å². The number of rotatable bonds is 8. The SMILES string of the molecule is CC(C)COCCC(=O)NCc1cccnc1N1CCCCC1. The van der Waals surface area contributed by atoms with Crippen LogP contribution in [0, 0.1) is 5.92 Å². The number of ether oxygens (including phenoxy) is 1. The first-order valence-corrected chi connectivity index (χ1v) is 8.70. The topological polar surface area (TPSA) is 54.5 Å². The van der Waals surface area contributed by atoms with Crippen molar-refractivity contribution in [3.05, 3.63) is 23.9 Å². The molecular weight excluding hydrogens is 290 g/mol. The Kier molecular flexibility index (Phi) is 7.33. The second-order valence-electron chi connectivity index (χ2n) is 6.53. The Labute approximate surface area is 139 Å². The molecule has 0 bridgehead atoms. The number of amides is 1. The molecule has 1 aromatic rings. The summed E-state index contributed by atoms with van der Waals surface area (Å²) >= 11 is 0. The largest absolute Gasteiger partial charge is 0.381 e. The Morgan fingerprint density at radius 1 is 1.35 bits per heavy atom. The third-order valence-corrected chi connectivity index (χ3v) is 3.92. The molecule has 1 saturated heterocycles. The van der Waals surface area contributed by atoms with Gasteiger partial charge >= 0.3 is 0 Å². The lowest BCUT2D eigenvalue weighted by molar-refractivity contribution is -0.122. The monoisotopic (exact) mass is 319 g/mol. The fourth-order valence-corrected chi connectivity index (χ4v) is 2.72. The van der Waals surface area contributed by atoms with Crippen LogP contribution in [0.3, 0.4) is 0 Å². The van der Waals surface area contributed by atoms with Gasteiger partial charge in [-0.2, -0.15) is 0 Å². The molecule has 1 N–H and O–H groups in total. The molecular formula is C18H29N3O2. The Morgan fingerprint density at radius 2 is 2.13 bits per heavy atom. The number of hydrogen-bond acceptors (Lipinski definition) is 4. The smallest absolute Gasteiger partial charge is 0.222 e. The molecule has 1 fully saturated rings. The highest BCUT2D eigenvalue weighted by Crippen LogP contribution is 2.21. The molecule has 5 nitrogen and oxygen atoms in total. The fourth-order valence-electron chi connectivity index (χ4n) is 2.72.